The van der Waals surface area contributed by atoms with Crippen LogP contribution in [0, 0.1) is 0 Å². The summed E-state index contributed by atoms with van der Waals surface area (Å²) in [6.45, 7) is 7.07. The van der Waals surface area contributed by atoms with E-state index in [0.717, 1.165) is 17.2 Å². The van der Waals surface area contributed by atoms with E-state index < -0.39 is 0 Å². The molecule has 4 heteroatoms. The number of carbonyl (C=O) groups excluding carboxylic acids is 1. The van der Waals surface area contributed by atoms with Gasteiger partial charge in [0, 0.05) is 12.1 Å². The van der Waals surface area contributed by atoms with Gasteiger partial charge < -0.3 is 14.8 Å². The highest BCUT2D eigenvalue weighted by Crippen LogP contribution is 2.24. The van der Waals surface area contributed by atoms with Crippen molar-refractivity contribution in [2.45, 2.75) is 39.0 Å². The number of rotatable bonds is 7. The van der Waals surface area contributed by atoms with Crippen LogP contribution in [-0.2, 0) is 10.2 Å². The summed E-state index contributed by atoms with van der Waals surface area (Å²) in [5, 5.41) is 2.87. The molecule has 0 aliphatic rings. The minimum Gasteiger partial charge on any atom is -0.497 e. The van der Waals surface area contributed by atoms with Gasteiger partial charge in [-0.25, -0.2) is 0 Å². The first-order valence-corrected chi connectivity index (χ1v) is 8.56. The van der Waals surface area contributed by atoms with Gasteiger partial charge in [-0.3, -0.25) is 4.79 Å². The summed E-state index contributed by atoms with van der Waals surface area (Å²) in [4.78, 5) is 11.9. The van der Waals surface area contributed by atoms with Crippen molar-refractivity contribution in [3.63, 3.8) is 0 Å². The number of benzene rings is 2. The minimum atomic E-state index is -0.0168. The smallest absolute Gasteiger partial charge is 0.224 e. The molecule has 2 aromatic carbocycles. The summed E-state index contributed by atoms with van der Waals surface area (Å²) >= 11 is 0. The van der Waals surface area contributed by atoms with Crippen molar-refractivity contribution in [1.29, 1.82) is 0 Å². The lowest BCUT2D eigenvalue weighted by molar-refractivity contribution is -0.116. The van der Waals surface area contributed by atoms with Crippen LogP contribution in [0.1, 0.15) is 39.2 Å². The van der Waals surface area contributed by atoms with Crippen LogP contribution in [0.2, 0.25) is 0 Å². The number of hydrogen-bond acceptors (Lipinski definition) is 3. The van der Waals surface area contributed by atoms with Gasteiger partial charge in [-0.05, 0) is 53.8 Å². The molecule has 2 aromatic rings. The average Bonchev–Trinajstić information content (AvgIpc) is 2.59. The summed E-state index contributed by atoms with van der Waals surface area (Å²) in [6.07, 6.45) is 1.09. The van der Waals surface area contributed by atoms with E-state index in [1.165, 1.54) is 5.56 Å². The van der Waals surface area contributed by atoms with Gasteiger partial charge in [0.1, 0.15) is 11.5 Å². The molecule has 0 aromatic heterocycles. The molecule has 0 aliphatic carbocycles. The zero-order chi connectivity index (χ0) is 18.3. The van der Waals surface area contributed by atoms with Crippen molar-refractivity contribution in [3.8, 4) is 11.5 Å². The summed E-state index contributed by atoms with van der Waals surface area (Å²) in [5.41, 5.74) is 2.18. The molecule has 0 fully saturated rings. The molecule has 1 amide bonds. The highest BCUT2D eigenvalue weighted by atomic mass is 16.5. The molecular weight excluding hydrogens is 314 g/mol. The Labute approximate surface area is 150 Å². The van der Waals surface area contributed by atoms with Gasteiger partial charge in [0.05, 0.1) is 13.7 Å². The highest BCUT2D eigenvalue weighted by Gasteiger charge is 2.12. The fraction of sp³-hybridized carbons (Fsp3) is 0.381. The molecule has 0 atom stereocenters. The maximum atomic E-state index is 11.9. The van der Waals surface area contributed by atoms with E-state index >= 15 is 0 Å². The number of ether oxygens (including phenoxy) is 2. The van der Waals surface area contributed by atoms with E-state index in [9.17, 15) is 4.79 Å². The molecule has 2 rings (SSSR count). The van der Waals surface area contributed by atoms with Gasteiger partial charge in [-0.1, -0.05) is 32.9 Å². The normalized spacial score (nSPS) is 11.0. The molecule has 0 saturated heterocycles. The third kappa shape index (κ3) is 6.14. The van der Waals surface area contributed by atoms with E-state index in [1.807, 2.05) is 36.4 Å². The molecule has 0 saturated carbocycles. The van der Waals surface area contributed by atoms with E-state index in [-0.39, 0.29) is 11.3 Å². The maximum absolute atomic E-state index is 11.9. The first-order valence-electron chi connectivity index (χ1n) is 8.56. The molecule has 4 nitrogen and oxygen atoms in total. The van der Waals surface area contributed by atoms with Crippen LogP contribution in [0.4, 0.5) is 5.69 Å². The van der Waals surface area contributed by atoms with Crippen LogP contribution in [0.3, 0.4) is 0 Å². The Morgan fingerprint density at radius 2 is 1.56 bits per heavy atom. The average molecular weight is 341 g/mol. The number of nitrogens with one attached hydrogen (secondary N) is 1. The lowest BCUT2D eigenvalue weighted by Gasteiger charge is -2.19. The first-order chi connectivity index (χ1) is 11.9. The monoisotopic (exact) mass is 341 g/mol. The molecular formula is C21H27NO3. The predicted molar refractivity (Wildman–Crippen MR) is 101 cm³/mol. The van der Waals surface area contributed by atoms with Crippen molar-refractivity contribution in [3.05, 3.63) is 54.1 Å². The van der Waals surface area contributed by atoms with Crippen molar-refractivity contribution >= 4 is 11.6 Å². The molecule has 0 aliphatic heterocycles. The zero-order valence-electron chi connectivity index (χ0n) is 15.5. The van der Waals surface area contributed by atoms with E-state index in [4.69, 9.17) is 9.47 Å². The van der Waals surface area contributed by atoms with Crippen molar-refractivity contribution in [2.24, 2.45) is 0 Å². The van der Waals surface area contributed by atoms with Crippen LogP contribution in [0.25, 0.3) is 0 Å². The molecule has 0 bridgehead atoms. The Kier molecular flexibility index (Phi) is 6.45. The zero-order valence-corrected chi connectivity index (χ0v) is 15.5. The second kappa shape index (κ2) is 8.56. The number of anilines is 1. The van der Waals surface area contributed by atoms with Crippen LogP contribution >= 0.6 is 0 Å². The number of methoxy groups -OCH3 is 1. The Morgan fingerprint density at radius 1 is 0.960 bits per heavy atom. The van der Waals surface area contributed by atoms with E-state index in [0.29, 0.717) is 19.4 Å². The van der Waals surface area contributed by atoms with Gasteiger partial charge in [-0.2, -0.15) is 0 Å². The summed E-state index contributed by atoms with van der Waals surface area (Å²) in [6, 6.07) is 15.4. The van der Waals surface area contributed by atoms with Crippen LogP contribution < -0.4 is 14.8 Å². The second-order valence-corrected chi connectivity index (χ2v) is 7.00. The molecule has 0 spiro atoms. The van der Waals surface area contributed by atoms with Crippen molar-refractivity contribution in [2.75, 3.05) is 19.0 Å². The van der Waals surface area contributed by atoms with Gasteiger partial charge in [0.2, 0.25) is 5.91 Å². The third-order valence-corrected chi connectivity index (χ3v) is 3.91. The van der Waals surface area contributed by atoms with E-state index in [2.05, 4.69) is 38.2 Å². The van der Waals surface area contributed by atoms with Crippen LogP contribution in [0.15, 0.2) is 48.5 Å². The molecule has 25 heavy (non-hydrogen) atoms. The summed E-state index contributed by atoms with van der Waals surface area (Å²) < 4.78 is 10.8. The van der Waals surface area contributed by atoms with E-state index in [1.54, 1.807) is 7.11 Å². The Bertz CT molecular complexity index is 670. The number of carbonyl (C=O) groups is 1. The van der Waals surface area contributed by atoms with Gasteiger partial charge in [0.25, 0.3) is 0 Å². The molecule has 0 heterocycles. The number of amides is 1. The predicted octanol–water partition coefficient (Wildman–Crippen LogP) is 4.79. The molecule has 0 radical (unpaired) electrons. The lowest BCUT2D eigenvalue weighted by atomic mass is 9.87. The quantitative estimate of drug-likeness (QED) is 0.737. The summed E-state index contributed by atoms with van der Waals surface area (Å²) in [5.74, 6) is 1.59. The molecule has 134 valence electrons. The highest BCUT2D eigenvalue weighted by molar-refractivity contribution is 5.90. The van der Waals surface area contributed by atoms with Crippen LogP contribution in [0.5, 0.6) is 11.5 Å². The van der Waals surface area contributed by atoms with Crippen LogP contribution in [-0.4, -0.2) is 19.6 Å². The fourth-order valence-electron chi connectivity index (χ4n) is 2.37. The SMILES string of the molecule is COc1ccc(NC(=O)CCCOc2ccc(C(C)(C)C)cc2)cc1. The van der Waals surface area contributed by atoms with Gasteiger partial charge in [0.15, 0.2) is 0 Å². The largest absolute Gasteiger partial charge is 0.497 e. The lowest BCUT2D eigenvalue weighted by Crippen LogP contribution is -2.13. The number of hydrogen-bond donors (Lipinski definition) is 1. The Hall–Kier alpha value is -2.49. The topological polar surface area (TPSA) is 47.6 Å². The molecule has 1 N–H and O–H groups in total. The fourth-order valence-corrected chi connectivity index (χ4v) is 2.37. The third-order valence-electron chi connectivity index (χ3n) is 3.91. The minimum absolute atomic E-state index is 0.0168. The van der Waals surface area contributed by atoms with Gasteiger partial charge >= 0.3 is 0 Å². The van der Waals surface area contributed by atoms with Crippen molar-refractivity contribution < 1.29 is 14.3 Å². The molecule has 0 unspecified atom stereocenters. The standard InChI is InChI=1S/C21H27NO3/c1-21(2,3)16-7-11-19(12-8-16)25-15-5-6-20(23)22-17-9-13-18(24-4)14-10-17/h7-14H,5-6,15H2,1-4H3,(H,22,23). The Morgan fingerprint density at radius 3 is 2.12 bits per heavy atom. The van der Waals surface area contributed by atoms with Gasteiger partial charge in [-0.15, -0.1) is 0 Å². The van der Waals surface area contributed by atoms with Crippen molar-refractivity contribution in [1.82, 2.24) is 0 Å². The maximum Gasteiger partial charge on any atom is 0.224 e. The first kappa shape index (κ1) is 18.8. The second-order valence-electron chi connectivity index (χ2n) is 7.00. The summed E-state index contributed by atoms with van der Waals surface area (Å²) in [7, 11) is 1.62. The Balaban J connectivity index is 1.70.